The summed E-state index contributed by atoms with van der Waals surface area (Å²) >= 11 is 0. The topological polar surface area (TPSA) is 33.5 Å². The van der Waals surface area contributed by atoms with Gasteiger partial charge in [0.1, 0.15) is 24.0 Å². The lowest BCUT2D eigenvalue weighted by Crippen LogP contribution is -2.24. The summed E-state index contributed by atoms with van der Waals surface area (Å²) in [6.07, 6.45) is 1.92. The molecule has 0 saturated carbocycles. The van der Waals surface area contributed by atoms with E-state index in [4.69, 9.17) is 9.72 Å². The smallest absolute Gasteiger partial charge is 0.137 e. The van der Waals surface area contributed by atoms with E-state index in [0.29, 0.717) is 6.67 Å². The maximum absolute atomic E-state index is 6.69. The van der Waals surface area contributed by atoms with Gasteiger partial charge in [-0.3, -0.25) is 4.57 Å². The van der Waals surface area contributed by atoms with Crippen molar-refractivity contribution in [3.63, 3.8) is 0 Å². The Hall–Kier alpha value is -5.55. The Bertz CT molecular complexity index is 2490. The molecule has 53 heavy (non-hydrogen) atoms. The van der Waals surface area contributed by atoms with Crippen LogP contribution < -0.4 is 14.5 Å². The van der Waals surface area contributed by atoms with Gasteiger partial charge in [0.15, 0.2) is 0 Å². The van der Waals surface area contributed by atoms with Crippen LogP contribution in [0.4, 0.5) is 22.7 Å². The number of para-hydroxylation sites is 1. The van der Waals surface area contributed by atoms with Crippen molar-refractivity contribution in [3.8, 4) is 17.3 Å². The standard InChI is InChI=1S/C48H50N4O/c1-46(2,3)32-14-12-15-35(26-32)51-31-50(42-23-20-33(27-44(42)51)47(4,5)6)36-16-13-17-37(29-36)53-38-21-22-40-39-18-10-11-19-41(39)52(43(40)30-38)45-28-34(24-25-49-45)48(7,8)9/h10-30H,31H2,1-9H3. The lowest BCUT2D eigenvalue weighted by molar-refractivity contribution is 0.483. The van der Waals surface area contributed by atoms with Gasteiger partial charge >= 0.3 is 0 Å². The van der Waals surface area contributed by atoms with Gasteiger partial charge in [-0.15, -0.1) is 0 Å². The molecule has 5 nitrogen and oxygen atoms in total. The molecule has 5 aromatic carbocycles. The third kappa shape index (κ3) is 6.43. The first-order valence-corrected chi connectivity index (χ1v) is 18.7. The molecule has 3 heterocycles. The Balaban J connectivity index is 1.17. The molecule has 0 amide bonds. The molecular formula is C48H50N4O. The van der Waals surface area contributed by atoms with Gasteiger partial charge < -0.3 is 14.5 Å². The molecule has 0 saturated heterocycles. The van der Waals surface area contributed by atoms with Crippen LogP contribution in [-0.2, 0) is 16.2 Å². The zero-order valence-electron chi connectivity index (χ0n) is 32.5. The van der Waals surface area contributed by atoms with E-state index in [0.717, 1.165) is 34.0 Å². The summed E-state index contributed by atoms with van der Waals surface area (Å²) < 4.78 is 8.96. The second kappa shape index (κ2) is 12.5. The fourth-order valence-corrected chi connectivity index (χ4v) is 7.43. The molecule has 0 unspecified atom stereocenters. The van der Waals surface area contributed by atoms with Crippen LogP contribution in [0.15, 0.2) is 128 Å². The summed E-state index contributed by atoms with van der Waals surface area (Å²) in [5.74, 6) is 2.48. The van der Waals surface area contributed by atoms with Crippen LogP contribution in [0.2, 0.25) is 0 Å². The average molecular weight is 699 g/mol. The molecular weight excluding hydrogens is 649 g/mol. The summed E-state index contributed by atoms with van der Waals surface area (Å²) in [5.41, 5.74) is 10.9. The van der Waals surface area contributed by atoms with E-state index in [1.807, 2.05) is 12.3 Å². The summed E-state index contributed by atoms with van der Waals surface area (Å²) in [7, 11) is 0. The molecule has 0 spiro atoms. The van der Waals surface area contributed by atoms with Crippen LogP contribution in [0.5, 0.6) is 11.5 Å². The van der Waals surface area contributed by atoms with Gasteiger partial charge in [-0.25, -0.2) is 4.98 Å². The van der Waals surface area contributed by atoms with Gasteiger partial charge in [-0.1, -0.05) is 105 Å². The average Bonchev–Trinajstić information content (AvgIpc) is 3.66. The zero-order chi connectivity index (χ0) is 37.3. The highest BCUT2D eigenvalue weighted by Gasteiger charge is 2.31. The van der Waals surface area contributed by atoms with Crippen molar-refractivity contribution >= 4 is 44.6 Å². The predicted octanol–water partition coefficient (Wildman–Crippen LogP) is 13.1. The minimum atomic E-state index is 0.00790. The van der Waals surface area contributed by atoms with Crippen LogP contribution >= 0.6 is 0 Å². The summed E-state index contributed by atoms with van der Waals surface area (Å²) in [6, 6.07) is 43.7. The Morgan fingerprint density at radius 2 is 1.11 bits per heavy atom. The van der Waals surface area contributed by atoms with Gasteiger partial charge in [-0.05, 0) is 99.7 Å². The minimum Gasteiger partial charge on any atom is -0.457 e. The molecule has 1 aliphatic rings. The minimum absolute atomic E-state index is 0.00790. The number of aromatic nitrogens is 2. The SMILES string of the molecule is CC(C)(C)c1cccc(N2CN(c3cccc(Oc4ccc5c6ccccc6n(-c6cc(C(C)(C)C)ccn6)c5c4)c3)c3ccc(C(C)(C)C)cc32)c1. The van der Waals surface area contributed by atoms with Crippen LogP contribution in [0, 0.1) is 0 Å². The monoisotopic (exact) mass is 698 g/mol. The van der Waals surface area contributed by atoms with Crippen molar-refractivity contribution in [3.05, 3.63) is 144 Å². The van der Waals surface area contributed by atoms with Crippen molar-refractivity contribution < 1.29 is 4.74 Å². The predicted molar refractivity (Wildman–Crippen MR) is 223 cm³/mol. The maximum atomic E-state index is 6.69. The summed E-state index contributed by atoms with van der Waals surface area (Å²) in [6.45, 7) is 21.1. The van der Waals surface area contributed by atoms with Gasteiger partial charge in [-0.2, -0.15) is 0 Å². The number of pyridine rings is 1. The Morgan fingerprint density at radius 3 is 1.87 bits per heavy atom. The molecule has 2 aromatic heterocycles. The van der Waals surface area contributed by atoms with Crippen molar-refractivity contribution in [2.45, 2.75) is 78.6 Å². The molecule has 5 heteroatoms. The second-order valence-electron chi connectivity index (χ2n) is 17.5. The quantitative estimate of drug-likeness (QED) is 0.179. The third-order valence-electron chi connectivity index (χ3n) is 10.6. The molecule has 0 bridgehead atoms. The van der Waals surface area contributed by atoms with Crippen LogP contribution in [0.3, 0.4) is 0 Å². The highest BCUT2D eigenvalue weighted by atomic mass is 16.5. The van der Waals surface area contributed by atoms with E-state index in [1.165, 1.54) is 44.5 Å². The molecule has 0 fully saturated rings. The largest absolute Gasteiger partial charge is 0.457 e. The van der Waals surface area contributed by atoms with Gasteiger partial charge in [0.2, 0.25) is 0 Å². The van der Waals surface area contributed by atoms with Crippen molar-refractivity contribution in [2.75, 3.05) is 16.5 Å². The van der Waals surface area contributed by atoms with Crippen molar-refractivity contribution in [2.24, 2.45) is 0 Å². The Labute approximate surface area is 314 Å². The first-order valence-electron chi connectivity index (χ1n) is 18.7. The van der Waals surface area contributed by atoms with E-state index in [1.54, 1.807) is 0 Å². The number of nitrogens with zero attached hydrogens (tertiary/aromatic N) is 4. The Kier molecular flexibility index (Phi) is 8.17. The van der Waals surface area contributed by atoms with E-state index >= 15 is 0 Å². The van der Waals surface area contributed by atoms with Crippen molar-refractivity contribution in [1.82, 2.24) is 9.55 Å². The summed E-state index contributed by atoms with van der Waals surface area (Å²) in [4.78, 5) is 9.70. The number of fused-ring (bicyclic) bond motifs is 4. The fraction of sp³-hybridized carbons (Fsp3) is 0.271. The number of hydrogen-bond donors (Lipinski definition) is 0. The van der Waals surface area contributed by atoms with E-state index in [2.05, 4.69) is 192 Å². The first kappa shape index (κ1) is 34.5. The number of anilines is 4. The lowest BCUT2D eigenvalue weighted by Gasteiger charge is -2.26. The lowest BCUT2D eigenvalue weighted by atomic mass is 9.86. The highest BCUT2D eigenvalue weighted by Crippen LogP contribution is 2.47. The van der Waals surface area contributed by atoms with Gasteiger partial charge in [0, 0.05) is 40.5 Å². The normalized spacial score (nSPS) is 13.6. The van der Waals surface area contributed by atoms with Crippen molar-refractivity contribution in [1.29, 1.82) is 0 Å². The maximum Gasteiger partial charge on any atom is 0.137 e. The third-order valence-corrected chi connectivity index (χ3v) is 10.6. The van der Waals surface area contributed by atoms with Crippen LogP contribution in [-0.4, -0.2) is 16.2 Å². The van der Waals surface area contributed by atoms with E-state index in [-0.39, 0.29) is 16.2 Å². The number of ether oxygens (including phenoxy) is 1. The molecule has 0 N–H and O–H groups in total. The molecule has 0 radical (unpaired) electrons. The van der Waals surface area contributed by atoms with Gasteiger partial charge in [0.05, 0.1) is 22.4 Å². The van der Waals surface area contributed by atoms with E-state index < -0.39 is 0 Å². The molecule has 1 aliphatic heterocycles. The summed E-state index contributed by atoms with van der Waals surface area (Å²) in [5, 5.41) is 2.36. The Morgan fingerprint density at radius 1 is 0.491 bits per heavy atom. The molecule has 268 valence electrons. The first-order chi connectivity index (χ1) is 25.1. The second-order valence-corrected chi connectivity index (χ2v) is 17.5. The van der Waals surface area contributed by atoms with Crippen LogP contribution in [0.1, 0.15) is 79.0 Å². The number of rotatable bonds is 5. The number of benzene rings is 5. The van der Waals surface area contributed by atoms with Crippen LogP contribution in [0.25, 0.3) is 27.6 Å². The fourth-order valence-electron chi connectivity index (χ4n) is 7.43. The molecule has 8 rings (SSSR count). The number of hydrogen-bond acceptors (Lipinski definition) is 4. The highest BCUT2D eigenvalue weighted by molar-refractivity contribution is 6.09. The molecule has 7 aromatic rings. The zero-order valence-corrected chi connectivity index (χ0v) is 32.5. The molecule has 0 aliphatic carbocycles. The molecule has 0 atom stereocenters. The van der Waals surface area contributed by atoms with Gasteiger partial charge in [0.25, 0.3) is 0 Å². The van der Waals surface area contributed by atoms with E-state index in [9.17, 15) is 0 Å².